The topological polar surface area (TPSA) is 93.1 Å². The lowest BCUT2D eigenvalue weighted by molar-refractivity contribution is 0.374. The van der Waals surface area contributed by atoms with Crippen molar-refractivity contribution in [2.24, 2.45) is 5.92 Å². The van der Waals surface area contributed by atoms with Crippen LogP contribution >= 0.6 is 0 Å². The Balaban J connectivity index is 1.89. The van der Waals surface area contributed by atoms with Gasteiger partial charge < -0.3 is 21.7 Å². The standard InChI is InChI=1S/C13H22N6/c1-2-9-11(14)17-13(15)18-12(9)19-6-4-10-8(7-19)3-5-16-10/h8,10,16H,2-7H2,1H3,(H4,14,15,17,18)/t8-,10+/m1/s1. The lowest BCUT2D eigenvalue weighted by atomic mass is 9.93. The number of nitrogens with one attached hydrogen (secondary N) is 1. The van der Waals surface area contributed by atoms with Crippen LogP contribution < -0.4 is 21.7 Å². The average molecular weight is 262 g/mol. The van der Waals surface area contributed by atoms with E-state index in [4.69, 9.17) is 11.5 Å². The molecule has 2 atom stereocenters. The molecule has 0 radical (unpaired) electrons. The van der Waals surface area contributed by atoms with E-state index < -0.39 is 0 Å². The van der Waals surface area contributed by atoms with Gasteiger partial charge in [0.25, 0.3) is 0 Å². The minimum Gasteiger partial charge on any atom is -0.383 e. The Morgan fingerprint density at radius 3 is 2.95 bits per heavy atom. The van der Waals surface area contributed by atoms with E-state index in [-0.39, 0.29) is 5.95 Å². The third-order valence-electron chi connectivity index (χ3n) is 4.34. The summed E-state index contributed by atoms with van der Waals surface area (Å²) in [5.41, 5.74) is 12.8. The second-order valence-electron chi connectivity index (χ2n) is 5.47. The van der Waals surface area contributed by atoms with Crippen molar-refractivity contribution in [2.75, 3.05) is 36.0 Å². The van der Waals surface area contributed by atoms with Gasteiger partial charge in [-0.25, -0.2) is 0 Å². The highest BCUT2D eigenvalue weighted by Gasteiger charge is 2.33. The number of rotatable bonds is 2. The van der Waals surface area contributed by atoms with Crippen molar-refractivity contribution in [1.82, 2.24) is 15.3 Å². The molecule has 2 fully saturated rings. The zero-order chi connectivity index (χ0) is 13.4. The molecule has 5 N–H and O–H groups in total. The molecular formula is C13H22N6. The smallest absolute Gasteiger partial charge is 0.223 e. The Morgan fingerprint density at radius 1 is 1.32 bits per heavy atom. The van der Waals surface area contributed by atoms with Crippen molar-refractivity contribution < 1.29 is 0 Å². The Bertz CT molecular complexity index is 474. The van der Waals surface area contributed by atoms with Gasteiger partial charge in [0.2, 0.25) is 5.95 Å². The maximum atomic E-state index is 5.98. The van der Waals surface area contributed by atoms with Gasteiger partial charge in [-0.2, -0.15) is 9.97 Å². The first kappa shape index (κ1) is 12.5. The van der Waals surface area contributed by atoms with Crippen LogP contribution in [-0.2, 0) is 6.42 Å². The molecule has 0 aliphatic carbocycles. The summed E-state index contributed by atoms with van der Waals surface area (Å²) in [6.07, 6.45) is 3.25. The molecule has 2 aliphatic rings. The molecule has 6 heteroatoms. The third kappa shape index (κ3) is 2.20. The van der Waals surface area contributed by atoms with E-state index in [9.17, 15) is 0 Å². The van der Waals surface area contributed by atoms with E-state index in [0.29, 0.717) is 11.9 Å². The molecule has 2 aliphatic heterocycles. The number of piperidine rings is 1. The van der Waals surface area contributed by atoms with E-state index in [0.717, 1.165) is 49.8 Å². The molecule has 1 aromatic rings. The summed E-state index contributed by atoms with van der Waals surface area (Å²) < 4.78 is 0. The minimum absolute atomic E-state index is 0.274. The van der Waals surface area contributed by atoms with Crippen molar-refractivity contribution in [3.8, 4) is 0 Å². The van der Waals surface area contributed by atoms with Crippen molar-refractivity contribution in [2.45, 2.75) is 32.2 Å². The number of hydrogen-bond donors (Lipinski definition) is 3. The van der Waals surface area contributed by atoms with Crippen LogP contribution in [0.4, 0.5) is 17.6 Å². The summed E-state index contributed by atoms with van der Waals surface area (Å²) in [4.78, 5) is 10.8. The number of nitrogens with two attached hydrogens (primary N) is 2. The van der Waals surface area contributed by atoms with Crippen LogP contribution in [0.2, 0.25) is 0 Å². The molecule has 0 saturated carbocycles. The number of nitrogens with zero attached hydrogens (tertiary/aromatic N) is 3. The second kappa shape index (κ2) is 4.85. The monoisotopic (exact) mass is 262 g/mol. The van der Waals surface area contributed by atoms with Gasteiger partial charge in [0.1, 0.15) is 11.6 Å². The maximum absolute atomic E-state index is 5.98. The quantitative estimate of drug-likeness (QED) is 0.714. The molecule has 19 heavy (non-hydrogen) atoms. The third-order valence-corrected chi connectivity index (χ3v) is 4.34. The Hall–Kier alpha value is -1.56. The normalized spacial score (nSPS) is 26.5. The summed E-state index contributed by atoms with van der Waals surface area (Å²) in [5.74, 6) is 2.46. The predicted molar refractivity (Wildman–Crippen MR) is 77.0 cm³/mol. The number of anilines is 3. The fraction of sp³-hybridized carbons (Fsp3) is 0.692. The maximum Gasteiger partial charge on any atom is 0.223 e. The van der Waals surface area contributed by atoms with Gasteiger partial charge in [0, 0.05) is 24.7 Å². The summed E-state index contributed by atoms with van der Waals surface area (Å²) in [6.45, 7) is 5.27. The van der Waals surface area contributed by atoms with Crippen LogP contribution in [0.1, 0.15) is 25.3 Å². The highest BCUT2D eigenvalue weighted by atomic mass is 15.2. The van der Waals surface area contributed by atoms with Crippen molar-refractivity contribution in [3.63, 3.8) is 0 Å². The Kier molecular flexibility index (Phi) is 3.18. The van der Waals surface area contributed by atoms with E-state index in [2.05, 4.69) is 27.1 Å². The minimum atomic E-state index is 0.274. The Morgan fingerprint density at radius 2 is 2.16 bits per heavy atom. The summed E-state index contributed by atoms with van der Waals surface area (Å²) in [6, 6.07) is 0.679. The fourth-order valence-corrected chi connectivity index (χ4v) is 3.35. The van der Waals surface area contributed by atoms with Gasteiger partial charge in [0.15, 0.2) is 0 Å². The number of nitrogen functional groups attached to an aromatic ring is 2. The van der Waals surface area contributed by atoms with Gasteiger partial charge in [-0.05, 0) is 31.7 Å². The van der Waals surface area contributed by atoms with E-state index in [1.54, 1.807) is 0 Å². The van der Waals surface area contributed by atoms with Crippen LogP contribution in [0.25, 0.3) is 0 Å². The molecule has 0 unspecified atom stereocenters. The molecule has 0 bridgehead atoms. The largest absolute Gasteiger partial charge is 0.383 e. The second-order valence-corrected chi connectivity index (χ2v) is 5.47. The first-order valence-corrected chi connectivity index (χ1v) is 7.09. The van der Waals surface area contributed by atoms with E-state index >= 15 is 0 Å². The van der Waals surface area contributed by atoms with Gasteiger partial charge in [0.05, 0.1) is 0 Å². The predicted octanol–water partition coefficient (Wildman–Crippen LogP) is 0.392. The zero-order valence-electron chi connectivity index (χ0n) is 11.4. The molecule has 0 spiro atoms. The van der Waals surface area contributed by atoms with Crippen LogP contribution in [-0.4, -0.2) is 35.6 Å². The molecule has 2 saturated heterocycles. The molecule has 3 rings (SSSR count). The lowest BCUT2D eigenvalue weighted by Gasteiger charge is -2.36. The van der Waals surface area contributed by atoms with E-state index in [1.807, 2.05) is 0 Å². The molecule has 3 heterocycles. The number of fused-ring (bicyclic) bond motifs is 1. The molecular weight excluding hydrogens is 240 g/mol. The first-order chi connectivity index (χ1) is 9.19. The lowest BCUT2D eigenvalue weighted by Crippen LogP contribution is -2.45. The average Bonchev–Trinajstić information content (AvgIpc) is 2.85. The highest BCUT2D eigenvalue weighted by Crippen LogP contribution is 2.31. The molecule has 0 aromatic carbocycles. The van der Waals surface area contributed by atoms with Gasteiger partial charge >= 0.3 is 0 Å². The van der Waals surface area contributed by atoms with Gasteiger partial charge in [-0.15, -0.1) is 0 Å². The van der Waals surface area contributed by atoms with Crippen LogP contribution in [0.5, 0.6) is 0 Å². The van der Waals surface area contributed by atoms with Crippen molar-refractivity contribution in [1.29, 1.82) is 0 Å². The van der Waals surface area contributed by atoms with Crippen LogP contribution in [0.3, 0.4) is 0 Å². The zero-order valence-corrected chi connectivity index (χ0v) is 11.4. The van der Waals surface area contributed by atoms with Crippen LogP contribution in [0.15, 0.2) is 0 Å². The molecule has 1 aromatic heterocycles. The van der Waals surface area contributed by atoms with Gasteiger partial charge in [-0.3, -0.25) is 0 Å². The van der Waals surface area contributed by atoms with Crippen molar-refractivity contribution >= 4 is 17.6 Å². The fourth-order valence-electron chi connectivity index (χ4n) is 3.35. The highest BCUT2D eigenvalue weighted by molar-refractivity contribution is 5.60. The molecule has 0 amide bonds. The van der Waals surface area contributed by atoms with Crippen LogP contribution in [0, 0.1) is 5.92 Å². The summed E-state index contributed by atoms with van der Waals surface area (Å²) in [7, 11) is 0. The number of hydrogen-bond acceptors (Lipinski definition) is 6. The number of aromatic nitrogens is 2. The SMILES string of the molecule is CCc1c(N)nc(N)nc1N1CC[C@@H]2NCC[C@@H]2C1. The van der Waals surface area contributed by atoms with Crippen molar-refractivity contribution in [3.05, 3.63) is 5.56 Å². The summed E-state index contributed by atoms with van der Waals surface area (Å²) >= 11 is 0. The Labute approximate surface area is 113 Å². The summed E-state index contributed by atoms with van der Waals surface area (Å²) in [5, 5.41) is 3.57. The first-order valence-electron chi connectivity index (χ1n) is 7.09. The molecule has 104 valence electrons. The van der Waals surface area contributed by atoms with Gasteiger partial charge in [-0.1, -0.05) is 6.92 Å². The van der Waals surface area contributed by atoms with E-state index in [1.165, 1.54) is 6.42 Å². The molecule has 6 nitrogen and oxygen atoms in total.